The van der Waals surface area contributed by atoms with E-state index >= 15 is 0 Å². The lowest BCUT2D eigenvalue weighted by atomic mass is 10.2. The predicted molar refractivity (Wildman–Crippen MR) is 62.0 cm³/mol. The molecule has 0 aliphatic heterocycles. The zero-order valence-electron chi connectivity index (χ0n) is 9.73. The normalized spacial score (nSPS) is 11.1. The van der Waals surface area contributed by atoms with Crippen LogP contribution < -0.4 is 10.0 Å². The van der Waals surface area contributed by atoms with Gasteiger partial charge in [-0.25, -0.2) is 13.1 Å². The molecule has 8 heteroatoms. The highest BCUT2D eigenvalue weighted by atomic mass is 32.2. The zero-order chi connectivity index (χ0) is 13.3. The van der Waals surface area contributed by atoms with Gasteiger partial charge in [-0.05, 0) is 12.8 Å². The number of carboxylic acid groups (broad SMARTS) is 1. The van der Waals surface area contributed by atoms with Crippen LogP contribution in [0.2, 0.25) is 0 Å². The number of hydrogen-bond acceptors (Lipinski definition) is 4. The summed E-state index contributed by atoms with van der Waals surface area (Å²) in [7, 11) is -3.22. The van der Waals surface area contributed by atoms with Crippen molar-refractivity contribution in [2.75, 3.05) is 19.3 Å². The van der Waals surface area contributed by atoms with Crippen LogP contribution in [0.3, 0.4) is 0 Å². The Morgan fingerprint density at radius 3 is 2.24 bits per heavy atom. The van der Waals surface area contributed by atoms with Crippen molar-refractivity contribution in [3.8, 4) is 0 Å². The number of nitrogens with one attached hydrogen (secondary N) is 2. The van der Waals surface area contributed by atoms with Gasteiger partial charge in [0.2, 0.25) is 15.9 Å². The van der Waals surface area contributed by atoms with Crippen molar-refractivity contribution in [3.63, 3.8) is 0 Å². The standard InChI is InChI=1S/C9H18N2O5S/c1-17(15,16)11-7-6-10-8(12)4-2-3-5-9(13)14/h11H,2-7H2,1H3,(H,10,12)(H,13,14). The van der Waals surface area contributed by atoms with Crippen LogP contribution in [0, 0.1) is 0 Å². The van der Waals surface area contributed by atoms with E-state index in [0.717, 1.165) is 6.26 Å². The number of aliphatic carboxylic acids is 1. The van der Waals surface area contributed by atoms with E-state index in [2.05, 4.69) is 10.0 Å². The molecular weight excluding hydrogens is 248 g/mol. The molecule has 0 aliphatic rings. The molecular formula is C9H18N2O5S. The van der Waals surface area contributed by atoms with E-state index in [4.69, 9.17) is 5.11 Å². The summed E-state index contributed by atoms with van der Waals surface area (Å²) >= 11 is 0. The fourth-order valence-electron chi connectivity index (χ4n) is 1.09. The molecule has 0 aliphatic carbocycles. The second-order valence-electron chi connectivity index (χ2n) is 3.62. The number of rotatable bonds is 9. The van der Waals surface area contributed by atoms with Crippen LogP contribution in [0.5, 0.6) is 0 Å². The van der Waals surface area contributed by atoms with E-state index in [1.807, 2.05) is 0 Å². The van der Waals surface area contributed by atoms with Crippen molar-refractivity contribution in [3.05, 3.63) is 0 Å². The molecule has 0 unspecified atom stereocenters. The highest BCUT2D eigenvalue weighted by Gasteiger charge is 2.03. The predicted octanol–water partition coefficient (Wildman–Crippen LogP) is -0.703. The maximum absolute atomic E-state index is 11.2. The van der Waals surface area contributed by atoms with Gasteiger partial charge in [0.15, 0.2) is 0 Å². The Labute approximate surface area is 101 Å². The van der Waals surface area contributed by atoms with Gasteiger partial charge in [-0.15, -0.1) is 0 Å². The molecule has 0 aromatic heterocycles. The molecule has 1 amide bonds. The highest BCUT2D eigenvalue weighted by Crippen LogP contribution is 1.99. The fraction of sp³-hybridized carbons (Fsp3) is 0.778. The molecule has 0 rings (SSSR count). The minimum atomic E-state index is -3.22. The summed E-state index contributed by atoms with van der Waals surface area (Å²) < 4.78 is 23.6. The van der Waals surface area contributed by atoms with Crippen molar-refractivity contribution >= 4 is 21.9 Å². The van der Waals surface area contributed by atoms with Crippen molar-refractivity contribution in [2.24, 2.45) is 0 Å². The van der Waals surface area contributed by atoms with E-state index in [1.165, 1.54) is 0 Å². The molecule has 0 atom stereocenters. The Balaban J connectivity index is 3.44. The molecule has 0 heterocycles. The monoisotopic (exact) mass is 266 g/mol. The number of unbranched alkanes of at least 4 members (excludes halogenated alkanes) is 1. The van der Waals surface area contributed by atoms with Crippen LogP contribution in [0.15, 0.2) is 0 Å². The van der Waals surface area contributed by atoms with E-state index in [1.54, 1.807) is 0 Å². The van der Waals surface area contributed by atoms with E-state index in [9.17, 15) is 18.0 Å². The van der Waals surface area contributed by atoms with E-state index in [0.29, 0.717) is 12.8 Å². The minimum Gasteiger partial charge on any atom is -0.481 e. The zero-order valence-corrected chi connectivity index (χ0v) is 10.5. The van der Waals surface area contributed by atoms with Gasteiger partial charge in [0.25, 0.3) is 0 Å². The molecule has 0 bridgehead atoms. The highest BCUT2D eigenvalue weighted by molar-refractivity contribution is 7.88. The maximum Gasteiger partial charge on any atom is 0.303 e. The number of carboxylic acids is 1. The molecule has 0 saturated carbocycles. The summed E-state index contributed by atoms with van der Waals surface area (Å²) in [6.45, 7) is 0.379. The molecule has 7 nitrogen and oxygen atoms in total. The first-order chi connectivity index (χ1) is 7.81. The second kappa shape index (κ2) is 8.02. The summed E-state index contributed by atoms with van der Waals surface area (Å²) in [6.07, 6.45) is 2.33. The number of sulfonamides is 1. The first kappa shape index (κ1) is 15.9. The molecule has 0 aromatic carbocycles. The van der Waals surface area contributed by atoms with Gasteiger partial charge in [-0.1, -0.05) is 0 Å². The Hall–Kier alpha value is -1.15. The lowest BCUT2D eigenvalue weighted by Crippen LogP contribution is -2.34. The molecule has 100 valence electrons. The molecule has 0 fully saturated rings. The van der Waals surface area contributed by atoms with Gasteiger partial charge in [-0.2, -0.15) is 0 Å². The molecule has 0 saturated heterocycles. The van der Waals surface area contributed by atoms with Crippen LogP contribution in [0.25, 0.3) is 0 Å². The first-order valence-corrected chi connectivity index (χ1v) is 7.13. The van der Waals surface area contributed by atoms with Crippen molar-refractivity contribution < 1.29 is 23.1 Å². The molecule has 17 heavy (non-hydrogen) atoms. The number of carbonyl (C=O) groups excluding carboxylic acids is 1. The summed E-state index contributed by atoms with van der Waals surface area (Å²) in [6, 6.07) is 0. The quantitative estimate of drug-likeness (QED) is 0.477. The lowest BCUT2D eigenvalue weighted by Gasteiger charge is -2.05. The number of hydrogen-bond donors (Lipinski definition) is 3. The smallest absolute Gasteiger partial charge is 0.303 e. The Morgan fingerprint density at radius 1 is 1.12 bits per heavy atom. The molecule has 0 spiro atoms. The third-order valence-electron chi connectivity index (χ3n) is 1.86. The van der Waals surface area contributed by atoms with Crippen LogP contribution >= 0.6 is 0 Å². The van der Waals surface area contributed by atoms with Crippen molar-refractivity contribution in [1.29, 1.82) is 0 Å². The van der Waals surface area contributed by atoms with Crippen LogP contribution in [-0.2, 0) is 19.6 Å². The van der Waals surface area contributed by atoms with Gasteiger partial charge >= 0.3 is 5.97 Å². The third kappa shape index (κ3) is 12.8. The van der Waals surface area contributed by atoms with Crippen LogP contribution in [-0.4, -0.2) is 44.7 Å². The van der Waals surface area contributed by atoms with E-state index in [-0.39, 0.29) is 31.8 Å². The SMILES string of the molecule is CS(=O)(=O)NCCNC(=O)CCCCC(=O)O. The van der Waals surface area contributed by atoms with Gasteiger partial charge in [-0.3, -0.25) is 9.59 Å². The fourth-order valence-corrected chi connectivity index (χ4v) is 1.56. The second-order valence-corrected chi connectivity index (χ2v) is 5.45. The van der Waals surface area contributed by atoms with Gasteiger partial charge in [0.05, 0.1) is 6.26 Å². The van der Waals surface area contributed by atoms with Crippen LogP contribution in [0.4, 0.5) is 0 Å². The summed E-state index contributed by atoms with van der Waals surface area (Å²) in [4.78, 5) is 21.4. The Kier molecular flexibility index (Phi) is 7.47. The average Bonchev–Trinajstić information content (AvgIpc) is 2.18. The van der Waals surface area contributed by atoms with Crippen LogP contribution in [0.1, 0.15) is 25.7 Å². The molecule has 0 radical (unpaired) electrons. The number of amides is 1. The largest absolute Gasteiger partial charge is 0.481 e. The number of carbonyl (C=O) groups is 2. The van der Waals surface area contributed by atoms with Gasteiger partial charge < -0.3 is 10.4 Å². The minimum absolute atomic E-state index is 0.0584. The Morgan fingerprint density at radius 2 is 1.71 bits per heavy atom. The van der Waals surface area contributed by atoms with Gasteiger partial charge in [0.1, 0.15) is 0 Å². The van der Waals surface area contributed by atoms with E-state index < -0.39 is 16.0 Å². The lowest BCUT2D eigenvalue weighted by molar-refractivity contribution is -0.137. The molecule has 3 N–H and O–H groups in total. The molecule has 0 aromatic rings. The van der Waals surface area contributed by atoms with Crippen molar-refractivity contribution in [1.82, 2.24) is 10.0 Å². The first-order valence-electron chi connectivity index (χ1n) is 5.24. The topological polar surface area (TPSA) is 113 Å². The van der Waals surface area contributed by atoms with Gasteiger partial charge in [0, 0.05) is 25.9 Å². The maximum atomic E-state index is 11.2. The summed E-state index contributed by atoms with van der Waals surface area (Å²) in [5.41, 5.74) is 0. The summed E-state index contributed by atoms with van der Waals surface area (Å²) in [5.74, 6) is -1.08. The Bertz CT molecular complexity index is 352. The third-order valence-corrected chi connectivity index (χ3v) is 2.58. The van der Waals surface area contributed by atoms with Crippen molar-refractivity contribution in [2.45, 2.75) is 25.7 Å². The average molecular weight is 266 g/mol. The summed E-state index contributed by atoms with van der Waals surface area (Å²) in [5, 5.41) is 10.9.